The number of hydrogen-bond acceptors (Lipinski definition) is 2. The average Bonchev–Trinajstić information content (AvgIpc) is 2.23. The Morgan fingerprint density at radius 2 is 1.81 bits per heavy atom. The van der Waals surface area contributed by atoms with E-state index in [0.717, 1.165) is 18.0 Å². The molecule has 1 heterocycles. The third-order valence-electron chi connectivity index (χ3n) is 4.17. The standard InChI is InChI=1S/C14H30N2/c1-6-14-8-10-16(13(5)11(2)3)9-7-12(4)15-14/h11-15H,6-10H2,1-5H3. The van der Waals surface area contributed by atoms with Crippen molar-refractivity contribution in [1.29, 1.82) is 0 Å². The lowest BCUT2D eigenvalue weighted by atomic mass is 10.0. The van der Waals surface area contributed by atoms with E-state index >= 15 is 0 Å². The highest BCUT2D eigenvalue weighted by Gasteiger charge is 2.22. The van der Waals surface area contributed by atoms with Crippen molar-refractivity contribution in [2.24, 2.45) is 5.92 Å². The maximum atomic E-state index is 3.73. The quantitative estimate of drug-likeness (QED) is 0.796. The fraction of sp³-hybridized carbons (Fsp3) is 1.00. The van der Waals surface area contributed by atoms with Crippen LogP contribution < -0.4 is 5.32 Å². The third kappa shape index (κ3) is 4.06. The zero-order chi connectivity index (χ0) is 12.1. The summed E-state index contributed by atoms with van der Waals surface area (Å²) in [6.07, 6.45) is 3.85. The predicted octanol–water partition coefficient (Wildman–Crippen LogP) is 2.88. The van der Waals surface area contributed by atoms with Crippen molar-refractivity contribution in [2.75, 3.05) is 13.1 Å². The fourth-order valence-electron chi connectivity index (χ4n) is 2.51. The number of nitrogens with one attached hydrogen (secondary N) is 1. The first-order valence-electron chi connectivity index (χ1n) is 7.04. The van der Waals surface area contributed by atoms with Crippen LogP contribution in [0, 0.1) is 5.92 Å². The van der Waals surface area contributed by atoms with Gasteiger partial charge in [0.05, 0.1) is 0 Å². The zero-order valence-corrected chi connectivity index (χ0v) is 11.8. The fourth-order valence-corrected chi connectivity index (χ4v) is 2.51. The van der Waals surface area contributed by atoms with Gasteiger partial charge in [-0.2, -0.15) is 0 Å². The molecule has 0 radical (unpaired) electrons. The Morgan fingerprint density at radius 1 is 1.19 bits per heavy atom. The van der Waals surface area contributed by atoms with Crippen LogP contribution in [0.3, 0.4) is 0 Å². The van der Waals surface area contributed by atoms with Gasteiger partial charge in [0, 0.05) is 18.1 Å². The second kappa shape index (κ2) is 6.61. The summed E-state index contributed by atoms with van der Waals surface area (Å²) in [6, 6.07) is 2.12. The smallest absolute Gasteiger partial charge is 0.00899 e. The summed E-state index contributed by atoms with van der Waals surface area (Å²) in [4.78, 5) is 2.69. The van der Waals surface area contributed by atoms with Crippen LogP contribution >= 0.6 is 0 Å². The van der Waals surface area contributed by atoms with Gasteiger partial charge in [0.1, 0.15) is 0 Å². The molecule has 3 atom stereocenters. The van der Waals surface area contributed by atoms with Crippen LogP contribution in [-0.4, -0.2) is 36.1 Å². The van der Waals surface area contributed by atoms with Crippen LogP contribution in [0.5, 0.6) is 0 Å². The van der Waals surface area contributed by atoms with Crippen molar-refractivity contribution in [3.63, 3.8) is 0 Å². The molecule has 0 aromatic rings. The Morgan fingerprint density at radius 3 is 2.38 bits per heavy atom. The molecule has 96 valence electrons. The lowest BCUT2D eigenvalue weighted by molar-refractivity contribution is 0.138. The second-order valence-corrected chi connectivity index (χ2v) is 5.77. The van der Waals surface area contributed by atoms with Crippen LogP contribution in [0.2, 0.25) is 0 Å². The van der Waals surface area contributed by atoms with E-state index in [0.29, 0.717) is 6.04 Å². The molecule has 1 rings (SSSR count). The van der Waals surface area contributed by atoms with E-state index in [1.165, 1.54) is 32.4 Å². The summed E-state index contributed by atoms with van der Waals surface area (Å²) in [6.45, 7) is 14.2. The van der Waals surface area contributed by atoms with E-state index < -0.39 is 0 Å². The van der Waals surface area contributed by atoms with Crippen molar-refractivity contribution in [3.05, 3.63) is 0 Å². The van der Waals surface area contributed by atoms with Gasteiger partial charge in [-0.15, -0.1) is 0 Å². The van der Waals surface area contributed by atoms with Crippen LogP contribution in [0.4, 0.5) is 0 Å². The first-order valence-corrected chi connectivity index (χ1v) is 7.04. The molecule has 1 aliphatic rings. The number of rotatable bonds is 3. The first-order chi connectivity index (χ1) is 7.54. The van der Waals surface area contributed by atoms with Gasteiger partial charge in [0.15, 0.2) is 0 Å². The number of nitrogens with zero attached hydrogens (tertiary/aromatic N) is 1. The molecule has 1 fully saturated rings. The van der Waals surface area contributed by atoms with Gasteiger partial charge < -0.3 is 10.2 Å². The van der Waals surface area contributed by atoms with E-state index in [2.05, 4.69) is 44.8 Å². The zero-order valence-electron chi connectivity index (χ0n) is 11.8. The Kier molecular flexibility index (Phi) is 5.77. The molecule has 1 saturated heterocycles. The summed E-state index contributed by atoms with van der Waals surface area (Å²) in [7, 11) is 0. The molecule has 2 nitrogen and oxygen atoms in total. The molecule has 0 aliphatic carbocycles. The SMILES string of the molecule is CCC1CCN(C(C)C(C)C)CCC(C)N1. The Labute approximate surface area is 102 Å². The van der Waals surface area contributed by atoms with Crippen LogP contribution in [0.1, 0.15) is 53.9 Å². The maximum absolute atomic E-state index is 3.73. The lowest BCUT2D eigenvalue weighted by Crippen LogP contribution is -2.47. The normalized spacial score (nSPS) is 31.1. The lowest BCUT2D eigenvalue weighted by Gasteiger charge is -2.37. The molecule has 0 aromatic carbocycles. The predicted molar refractivity (Wildman–Crippen MR) is 71.8 cm³/mol. The molecule has 16 heavy (non-hydrogen) atoms. The minimum Gasteiger partial charge on any atom is -0.311 e. The van der Waals surface area contributed by atoms with E-state index in [4.69, 9.17) is 0 Å². The molecule has 0 amide bonds. The van der Waals surface area contributed by atoms with Crippen molar-refractivity contribution in [3.8, 4) is 0 Å². The second-order valence-electron chi connectivity index (χ2n) is 5.77. The van der Waals surface area contributed by atoms with Crippen molar-refractivity contribution in [2.45, 2.75) is 72.0 Å². The van der Waals surface area contributed by atoms with Gasteiger partial charge in [0.25, 0.3) is 0 Å². The van der Waals surface area contributed by atoms with E-state index in [9.17, 15) is 0 Å². The van der Waals surface area contributed by atoms with Crippen molar-refractivity contribution < 1.29 is 0 Å². The van der Waals surface area contributed by atoms with Crippen molar-refractivity contribution in [1.82, 2.24) is 10.2 Å². The maximum Gasteiger partial charge on any atom is 0.00899 e. The molecule has 0 spiro atoms. The summed E-state index contributed by atoms with van der Waals surface area (Å²) in [5.41, 5.74) is 0. The molecule has 0 aromatic heterocycles. The van der Waals surface area contributed by atoms with Gasteiger partial charge in [0.2, 0.25) is 0 Å². The summed E-state index contributed by atoms with van der Waals surface area (Å²) in [5.74, 6) is 0.766. The molecule has 1 aliphatic heterocycles. The highest BCUT2D eigenvalue weighted by Crippen LogP contribution is 2.15. The summed E-state index contributed by atoms with van der Waals surface area (Å²) in [5, 5.41) is 3.73. The van der Waals surface area contributed by atoms with Crippen LogP contribution in [-0.2, 0) is 0 Å². The van der Waals surface area contributed by atoms with E-state index in [-0.39, 0.29) is 0 Å². The summed E-state index contributed by atoms with van der Waals surface area (Å²) < 4.78 is 0. The third-order valence-corrected chi connectivity index (χ3v) is 4.17. The minimum absolute atomic E-state index is 0.673. The average molecular weight is 226 g/mol. The van der Waals surface area contributed by atoms with Crippen molar-refractivity contribution >= 4 is 0 Å². The largest absolute Gasteiger partial charge is 0.311 e. The van der Waals surface area contributed by atoms with Crippen LogP contribution in [0.15, 0.2) is 0 Å². The van der Waals surface area contributed by atoms with Gasteiger partial charge in [-0.1, -0.05) is 20.8 Å². The number of hydrogen-bond donors (Lipinski definition) is 1. The van der Waals surface area contributed by atoms with Gasteiger partial charge in [-0.25, -0.2) is 0 Å². The molecular weight excluding hydrogens is 196 g/mol. The van der Waals surface area contributed by atoms with Gasteiger partial charge in [-0.05, 0) is 52.1 Å². The minimum atomic E-state index is 0.673. The van der Waals surface area contributed by atoms with Gasteiger partial charge >= 0.3 is 0 Å². The van der Waals surface area contributed by atoms with Crippen LogP contribution in [0.25, 0.3) is 0 Å². The molecule has 0 saturated carbocycles. The highest BCUT2D eigenvalue weighted by molar-refractivity contribution is 4.80. The topological polar surface area (TPSA) is 15.3 Å². The molecular formula is C14H30N2. The van der Waals surface area contributed by atoms with E-state index in [1.807, 2.05) is 0 Å². The molecule has 1 N–H and O–H groups in total. The molecule has 0 bridgehead atoms. The Balaban J connectivity index is 2.53. The van der Waals surface area contributed by atoms with Gasteiger partial charge in [-0.3, -0.25) is 0 Å². The highest BCUT2D eigenvalue weighted by atomic mass is 15.2. The first kappa shape index (κ1) is 14.0. The Bertz CT molecular complexity index is 191. The Hall–Kier alpha value is -0.0800. The monoisotopic (exact) mass is 226 g/mol. The summed E-state index contributed by atoms with van der Waals surface area (Å²) >= 11 is 0. The molecule has 3 unspecified atom stereocenters. The van der Waals surface area contributed by atoms with E-state index in [1.54, 1.807) is 0 Å². The molecule has 2 heteroatoms.